The molecule has 2 N–H and O–H groups in total. The summed E-state index contributed by atoms with van der Waals surface area (Å²) >= 11 is 0. The highest BCUT2D eigenvalue weighted by atomic mass is 16.5. The molecule has 4 atom stereocenters. The van der Waals surface area contributed by atoms with Crippen molar-refractivity contribution < 1.29 is 24.4 Å². The fraction of sp³-hybridized carbons (Fsp3) is 0.400. The van der Waals surface area contributed by atoms with Crippen LogP contribution in [0.1, 0.15) is 37.2 Å². The fourth-order valence-corrected chi connectivity index (χ4v) is 3.38. The van der Waals surface area contributed by atoms with Gasteiger partial charge in [-0.2, -0.15) is 0 Å². The van der Waals surface area contributed by atoms with Crippen molar-refractivity contribution in [1.82, 2.24) is 0 Å². The fourth-order valence-electron chi connectivity index (χ4n) is 3.38. The topological polar surface area (TPSA) is 68.2 Å². The van der Waals surface area contributed by atoms with Crippen LogP contribution >= 0.6 is 0 Å². The number of hydrogen-bond donors (Lipinski definition) is 2. The molecule has 0 saturated carbocycles. The Kier molecular flexibility index (Phi) is 4.62. The van der Waals surface area contributed by atoms with E-state index in [1.54, 1.807) is 32.2 Å². The lowest BCUT2D eigenvalue weighted by molar-refractivity contribution is -0.0444. The predicted molar refractivity (Wildman–Crippen MR) is 94.0 cm³/mol. The van der Waals surface area contributed by atoms with E-state index >= 15 is 0 Å². The molecule has 0 aromatic heterocycles. The van der Waals surface area contributed by atoms with E-state index in [1.807, 2.05) is 31.2 Å². The molecule has 2 aromatic rings. The summed E-state index contributed by atoms with van der Waals surface area (Å²) in [5, 5.41) is 20.9. The van der Waals surface area contributed by atoms with Gasteiger partial charge in [0.15, 0.2) is 11.5 Å². The lowest BCUT2D eigenvalue weighted by Crippen LogP contribution is -2.34. The van der Waals surface area contributed by atoms with Crippen molar-refractivity contribution in [2.24, 2.45) is 5.92 Å². The van der Waals surface area contributed by atoms with Crippen LogP contribution in [0.3, 0.4) is 0 Å². The molecule has 0 amide bonds. The van der Waals surface area contributed by atoms with Gasteiger partial charge in [0.05, 0.1) is 25.9 Å². The summed E-state index contributed by atoms with van der Waals surface area (Å²) in [6.07, 6.45) is -0.769. The zero-order valence-corrected chi connectivity index (χ0v) is 14.9. The van der Waals surface area contributed by atoms with Crippen LogP contribution in [0.5, 0.6) is 17.2 Å². The van der Waals surface area contributed by atoms with Crippen LogP contribution in [0.15, 0.2) is 42.5 Å². The number of aromatic hydroxyl groups is 1. The van der Waals surface area contributed by atoms with Gasteiger partial charge in [-0.05, 0) is 42.3 Å². The first-order valence-corrected chi connectivity index (χ1v) is 8.27. The Morgan fingerprint density at radius 3 is 2.24 bits per heavy atom. The SMILES string of the molecule is COc1ccc([C@H]2O[C@@H](c3ccc(O)c(OC)c3)[C@H](C)[C@]2(C)O)cc1. The maximum Gasteiger partial charge on any atom is 0.160 e. The molecule has 0 spiro atoms. The molecule has 5 nitrogen and oxygen atoms in total. The van der Waals surface area contributed by atoms with E-state index in [4.69, 9.17) is 14.2 Å². The molecule has 3 rings (SSSR count). The van der Waals surface area contributed by atoms with Crippen LogP contribution in [0, 0.1) is 5.92 Å². The third kappa shape index (κ3) is 3.05. The molecule has 1 aliphatic rings. The number of hydrogen-bond acceptors (Lipinski definition) is 5. The predicted octanol–water partition coefficient (Wildman–Crippen LogP) is 3.61. The van der Waals surface area contributed by atoms with Gasteiger partial charge in [-0.15, -0.1) is 0 Å². The van der Waals surface area contributed by atoms with Crippen LogP contribution in [0.4, 0.5) is 0 Å². The first-order valence-electron chi connectivity index (χ1n) is 8.27. The minimum Gasteiger partial charge on any atom is -0.504 e. The molecular formula is C20H24O5. The summed E-state index contributed by atoms with van der Waals surface area (Å²) in [5.74, 6) is 1.08. The Hall–Kier alpha value is -2.24. The average Bonchev–Trinajstić information content (AvgIpc) is 2.86. The second-order valence-corrected chi connectivity index (χ2v) is 6.66. The monoisotopic (exact) mass is 344 g/mol. The summed E-state index contributed by atoms with van der Waals surface area (Å²) in [6.45, 7) is 3.76. The first kappa shape index (κ1) is 17.6. The normalized spacial score (nSPS) is 28.8. The van der Waals surface area contributed by atoms with Gasteiger partial charge in [0, 0.05) is 5.92 Å². The summed E-state index contributed by atoms with van der Waals surface area (Å²) in [5.41, 5.74) is 0.717. The van der Waals surface area contributed by atoms with Gasteiger partial charge in [-0.25, -0.2) is 0 Å². The van der Waals surface area contributed by atoms with Crippen molar-refractivity contribution in [1.29, 1.82) is 0 Å². The van der Waals surface area contributed by atoms with E-state index < -0.39 is 11.7 Å². The molecule has 1 fully saturated rings. The molecule has 2 aromatic carbocycles. The summed E-state index contributed by atoms with van der Waals surface area (Å²) in [4.78, 5) is 0. The van der Waals surface area contributed by atoms with Crippen molar-refractivity contribution in [3.8, 4) is 17.2 Å². The number of ether oxygens (including phenoxy) is 3. The Morgan fingerprint density at radius 2 is 1.64 bits per heavy atom. The zero-order chi connectivity index (χ0) is 18.2. The molecular weight excluding hydrogens is 320 g/mol. The zero-order valence-electron chi connectivity index (χ0n) is 14.9. The second-order valence-electron chi connectivity index (χ2n) is 6.66. The lowest BCUT2D eigenvalue weighted by atomic mass is 9.81. The van der Waals surface area contributed by atoms with Gasteiger partial charge in [0.2, 0.25) is 0 Å². The number of benzene rings is 2. The van der Waals surface area contributed by atoms with Crippen molar-refractivity contribution in [2.45, 2.75) is 31.7 Å². The molecule has 1 aliphatic heterocycles. The van der Waals surface area contributed by atoms with Crippen molar-refractivity contribution in [3.63, 3.8) is 0 Å². The highest BCUT2D eigenvalue weighted by Crippen LogP contribution is 2.52. The minimum absolute atomic E-state index is 0.0790. The van der Waals surface area contributed by atoms with E-state index in [0.29, 0.717) is 5.75 Å². The quantitative estimate of drug-likeness (QED) is 0.887. The number of rotatable bonds is 4. The van der Waals surface area contributed by atoms with Crippen LogP contribution in [0.25, 0.3) is 0 Å². The number of methoxy groups -OCH3 is 2. The van der Waals surface area contributed by atoms with E-state index in [-0.39, 0.29) is 17.8 Å². The number of phenolic OH excluding ortho intramolecular Hbond substituents is 1. The highest BCUT2D eigenvalue weighted by molar-refractivity contribution is 5.43. The highest BCUT2D eigenvalue weighted by Gasteiger charge is 2.51. The van der Waals surface area contributed by atoms with E-state index in [1.165, 1.54) is 7.11 Å². The van der Waals surface area contributed by atoms with Crippen molar-refractivity contribution in [2.75, 3.05) is 14.2 Å². The Morgan fingerprint density at radius 1 is 1.00 bits per heavy atom. The molecule has 0 bridgehead atoms. The minimum atomic E-state index is -1.04. The second kappa shape index (κ2) is 6.58. The number of aliphatic hydroxyl groups is 1. The van der Waals surface area contributed by atoms with E-state index in [0.717, 1.165) is 16.9 Å². The molecule has 5 heteroatoms. The van der Waals surface area contributed by atoms with Crippen LogP contribution in [0.2, 0.25) is 0 Å². The molecule has 134 valence electrons. The summed E-state index contributed by atoms with van der Waals surface area (Å²) in [6, 6.07) is 12.7. The standard InChI is InChI=1S/C20H24O5/c1-12-18(14-7-10-16(21)17(11-14)24-4)25-19(20(12,2)22)13-5-8-15(23-3)9-6-13/h5-12,18-19,21-22H,1-4H3/t12-,18+,19+,20-/m0/s1. The third-order valence-electron chi connectivity index (χ3n) is 5.14. The molecule has 0 aliphatic carbocycles. The van der Waals surface area contributed by atoms with E-state index in [9.17, 15) is 10.2 Å². The van der Waals surface area contributed by atoms with Gasteiger partial charge in [-0.1, -0.05) is 25.1 Å². The molecule has 0 unspecified atom stereocenters. The van der Waals surface area contributed by atoms with Gasteiger partial charge < -0.3 is 24.4 Å². The van der Waals surface area contributed by atoms with Crippen LogP contribution in [-0.4, -0.2) is 30.0 Å². The smallest absolute Gasteiger partial charge is 0.160 e. The van der Waals surface area contributed by atoms with Crippen molar-refractivity contribution in [3.05, 3.63) is 53.6 Å². The Bertz CT molecular complexity index is 738. The van der Waals surface area contributed by atoms with Gasteiger partial charge >= 0.3 is 0 Å². The van der Waals surface area contributed by atoms with Crippen LogP contribution < -0.4 is 9.47 Å². The Balaban J connectivity index is 1.93. The number of phenols is 1. The van der Waals surface area contributed by atoms with Gasteiger partial charge in [0.25, 0.3) is 0 Å². The molecule has 1 heterocycles. The van der Waals surface area contributed by atoms with Gasteiger partial charge in [-0.3, -0.25) is 0 Å². The molecule has 1 saturated heterocycles. The van der Waals surface area contributed by atoms with Crippen LogP contribution in [-0.2, 0) is 4.74 Å². The average molecular weight is 344 g/mol. The summed E-state index contributed by atoms with van der Waals surface area (Å²) in [7, 11) is 3.13. The maximum atomic E-state index is 11.1. The molecule has 0 radical (unpaired) electrons. The van der Waals surface area contributed by atoms with E-state index in [2.05, 4.69) is 0 Å². The molecule has 25 heavy (non-hydrogen) atoms. The van der Waals surface area contributed by atoms with Gasteiger partial charge in [0.1, 0.15) is 11.9 Å². The first-order chi connectivity index (χ1) is 11.9. The Labute approximate surface area is 147 Å². The van der Waals surface area contributed by atoms with Crippen molar-refractivity contribution >= 4 is 0 Å². The lowest BCUT2D eigenvalue weighted by Gasteiger charge is -2.28. The maximum absolute atomic E-state index is 11.1. The third-order valence-corrected chi connectivity index (χ3v) is 5.14. The summed E-state index contributed by atoms with van der Waals surface area (Å²) < 4.78 is 16.6. The largest absolute Gasteiger partial charge is 0.504 e.